The summed E-state index contributed by atoms with van der Waals surface area (Å²) in [7, 11) is 0. The van der Waals surface area contributed by atoms with Crippen LogP contribution in [0.4, 0.5) is 0 Å². The van der Waals surface area contributed by atoms with E-state index < -0.39 is 0 Å². The Morgan fingerprint density at radius 1 is 1.44 bits per heavy atom. The normalized spacial score (nSPS) is 25.4. The van der Waals surface area contributed by atoms with Gasteiger partial charge in [-0.3, -0.25) is 4.79 Å². The zero-order chi connectivity index (χ0) is 11.8. The predicted octanol–water partition coefficient (Wildman–Crippen LogP) is 2.56. The smallest absolute Gasteiger partial charge is 0.293 e. The molecule has 1 saturated carbocycles. The molecule has 0 saturated heterocycles. The number of hydrogen-bond donors (Lipinski definition) is 0. The molecule has 1 rings (SSSR count). The van der Waals surface area contributed by atoms with E-state index in [-0.39, 0.29) is 0 Å². The van der Waals surface area contributed by atoms with Gasteiger partial charge in [-0.2, -0.15) is 0 Å². The van der Waals surface area contributed by atoms with E-state index in [1.165, 1.54) is 5.57 Å². The average Bonchev–Trinajstić information content (AvgIpc) is 2.26. The van der Waals surface area contributed by atoms with Crippen LogP contribution in [-0.2, 0) is 14.3 Å². The van der Waals surface area contributed by atoms with Crippen molar-refractivity contribution in [1.29, 1.82) is 0 Å². The summed E-state index contributed by atoms with van der Waals surface area (Å²) in [5, 5.41) is 0. The molecule has 0 heterocycles. The standard InChI is InChI=1S/C13H22O3/c1-3-15-5-4-12-6-11(2)7-13(8-12)9-16-10-14/h10,12-13H,2-9H2,1H3. The van der Waals surface area contributed by atoms with Gasteiger partial charge in [-0.25, -0.2) is 0 Å². The Hall–Kier alpha value is -0.830. The summed E-state index contributed by atoms with van der Waals surface area (Å²) in [5.74, 6) is 1.10. The van der Waals surface area contributed by atoms with Crippen LogP contribution in [0.3, 0.4) is 0 Å². The predicted molar refractivity (Wildman–Crippen MR) is 63.1 cm³/mol. The third-order valence-electron chi connectivity index (χ3n) is 3.10. The number of carbonyl (C=O) groups excluding carboxylic acids is 1. The molecule has 0 amide bonds. The van der Waals surface area contributed by atoms with Gasteiger partial charge in [-0.15, -0.1) is 0 Å². The average molecular weight is 226 g/mol. The lowest BCUT2D eigenvalue weighted by molar-refractivity contribution is -0.130. The van der Waals surface area contributed by atoms with Crippen molar-refractivity contribution < 1.29 is 14.3 Å². The van der Waals surface area contributed by atoms with E-state index in [1.54, 1.807) is 0 Å². The zero-order valence-electron chi connectivity index (χ0n) is 10.1. The van der Waals surface area contributed by atoms with Gasteiger partial charge in [0.1, 0.15) is 0 Å². The zero-order valence-corrected chi connectivity index (χ0v) is 10.1. The van der Waals surface area contributed by atoms with E-state index in [0.717, 1.165) is 38.9 Å². The van der Waals surface area contributed by atoms with Gasteiger partial charge in [0.2, 0.25) is 0 Å². The fraction of sp³-hybridized carbons (Fsp3) is 0.769. The molecule has 3 nitrogen and oxygen atoms in total. The topological polar surface area (TPSA) is 35.5 Å². The lowest BCUT2D eigenvalue weighted by Crippen LogP contribution is -2.22. The molecule has 92 valence electrons. The largest absolute Gasteiger partial charge is 0.468 e. The lowest BCUT2D eigenvalue weighted by atomic mass is 9.78. The first-order valence-corrected chi connectivity index (χ1v) is 6.05. The molecule has 2 atom stereocenters. The van der Waals surface area contributed by atoms with Crippen molar-refractivity contribution >= 4 is 6.47 Å². The van der Waals surface area contributed by atoms with Crippen LogP contribution in [0.25, 0.3) is 0 Å². The molecule has 0 aromatic carbocycles. The SMILES string of the molecule is C=C1CC(CCOCC)CC(COC=O)C1. The van der Waals surface area contributed by atoms with Crippen molar-refractivity contribution in [2.24, 2.45) is 11.8 Å². The van der Waals surface area contributed by atoms with Crippen molar-refractivity contribution in [1.82, 2.24) is 0 Å². The monoisotopic (exact) mass is 226 g/mol. The first-order valence-electron chi connectivity index (χ1n) is 6.05. The van der Waals surface area contributed by atoms with Crippen LogP contribution in [0.15, 0.2) is 12.2 Å². The van der Waals surface area contributed by atoms with Crippen LogP contribution in [0.1, 0.15) is 32.6 Å². The van der Waals surface area contributed by atoms with Crippen molar-refractivity contribution in [2.75, 3.05) is 19.8 Å². The van der Waals surface area contributed by atoms with Crippen molar-refractivity contribution in [3.63, 3.8) is 0 Å². The first-order chi connectivity index (χ1) is 7.76. The van der Waals surface area contributed by atoms with Crippen LogP contribution in [0.2, 0.25) is 0 Å². The van der Waals surface area contributed by atoms with Gasteiger partial charge < -0.3 is 9.47 Å². The highest BCUT2D eigenvalue weighted by atomic mass is 16.5. The Bertz CT molecular complexity index is 225. The van der Waals surface area contributed by atoms with Gasteiger partial charge in [0, 0.05) is 13.2 Å². The van der Waals surface area contributed by atoms with E-state index in [4.69, 9.17) is 9.47 Å². The second kappa shape index (κ2) is 7.44. The van der Waals surface area contributed by atoms with Crippen LogP contribution in [0, 0.1) is 11.8 Å². The Labute approximate surface area is 97.8 Å². The molecule has 1 aliphatic rings. The van der Waals surface area contributed by atoms with Gasteiger partial charge in [-0.05, 0) is 44.4 Å². The van der Waals surface area contributed by atoms with Crippen molar-refractivity contribution in [2.45, 2.75) is 32.6 Å². The molecule has 16 heavy (non-hydrogen) atoms. The molecule has 3 heteroatoms. The molecule has 0 radical (unpaired) electrons. The number of ether oxygens (including phenoxy) is 2. The molecule has 0 bridgehead atoms. The van der Waals surface area contributed by atoms with E-state index >= 15 is 0 Å². The maximum Gasteiger partial charge on any atom is 0.293 e. The van der Waals surface area contributed by atoms with Crippen LogP contribution < -0.4 is 0 Å². The molecule has 0 aromatic heterocycles. The second-order valence-electron chi connectivity index (χ2n) is 4.54. The summed E-state index contributed by atoms with van der Waals surface area (Å²) in [6.07, 6.45) is 4.31. The summed E-state index contributed by atoms with van der Waals surface area (Å²) < 4.78 is 10.2. The fourth-order valence-electron chi connectivity index (χ4n) is 2.45. The molecular formula is C13H22O3. The van der Waals surface area contributed by atoms with Crippen LogP contribution in [-0.4, -0.2) is 26.3 Å². The maximum atomic E-state index is 10.2. The van der Waals surface area contributed by atoms with Gasteiger partial charge in [0.15, 0.2) is 0 Å². The molecule has 0 N–H and O–H groups in total. The molecule has 1 aliphatic carbocycles. The number of hydrogen-bond acceptors (Lipinski definition) is 3. The Kier molecular flexibility index (Phi) is 6.16. The summed E-state index contributed by atoms with van der Waals surface area (Å²) in [6, 6.07) is 0. The van der Waals surface area contributed by atoms with Crippen LogP contribution >= 0.6 is 0 Å². The minimum Gasteiger partial charge on any atom is -0.468 e. The van der Waals surface area contributed by atoms with Crippen LogP contribution in [0.5, 0.6) is 0 Å². The number of allylic oxidation sites excluding steroid dienone is 1. The van der Waals surface area contributed by atoms with Gasteiger partial charge in [0.25, 0.3) is 6.47 Å². The van der Waals surface area contributed by atoms with Crippen molar-refractivity contribution in [3.8, 4) is 0 Å². The summed E-state index contributed by atoms with van der Waals surface area (Å²) in [4.78, 5) is 10.2. The molecule has 2 unspecified atom stereocenters. The Morgan fingerprint density at radius 2 is 2.19 bits per heavy atom. The minimum atomic E-state index is 0.457. The fourth-order valence-corrected chi connectivity index (χ4v) is 2.45. The van der Waals surface area contributed by atoms with E-state index in [1.807, 2.05) is 6.92 Å². The highest BCUT2D eigenvalue weighted by Gasteiger charge is 2.24. The Morgan fingerprint density at radius 3 is 2.88 bits per heavy atom. The van der Waals surface area contributed by atoms with Crippen molar-refractivity contribution in [3.05, 3.63) is 12.2 Å². The molecule has 0 aromatic rings. The van der Waals surface area contributed by atoms with E-state index in [9.17, 15) is 4.79 Å². The molecule has 0 spiro atoms. The summed E-state index contributed by atoms with van der Waals surface area (Å²) in [6.45, 7) is 8.76. The molecule has 1 fully saturated rings. The van der Waals surface area contributed by atoms with Gasteiger partial charge >= 0.3 is 0 Å². The highest BCUT2D eigenvalue weighted by molar-refractivity contribution is 5.36. The lowest BCUT2D eigenvalue weighted by Gasteiger charge is -2.30. The number of rotatable bonds is 7. The van der Waals surface area contributed by atoms with Gasteiger partial charge in [0.05, 0.1) is 6.61 Å². The second-order valence-corrected chi connectivity index (χ2v) is 4.54. The summed E-state index contributed by atoms with van der Waals surface area (Å²) >= 11 is 0. The summed E-state index contributed by atoms with van der Waals surface area (Å²) in [5.41, 5.74) is 1.28. The van der Waals surface area contributed by atoms with E-state index in [2.05, 4.69) is 6.58 Å². The first kappa shape index (κ1) is 13.2. The van der Waals surface area contributed by atoms with Gasteiger partial charge in [-0.1, -0.05) is 12.2 Å². The number of carbonyl (C=O) groups is 1. The minimum absolute atomic E-state index is 0.457. The van der Waals surface area contributed by atoms with E-state index in [0.29, 0.717) is 24.9 Å². The maximum absolute atomic E-state index is 10.2. The third-order valence-corrected chi connectivity index (χ3v) is 3.10. The Balaban J connectivity index is 2.29. The molecular weight excluding hydrogens is 204 g/mol. The molecule has 0 aliphatic heterocycles. The third kappa shape index (κ3) is 4.79. The quantitative estimate of drug-likeness (QED) is 0.380. The highest BCUT2D eigenvalue weighted by Crippen LogP contribution is 2.33.